The van der Waals surface area contributed by atoms with E-state index >= 15 is 0 Å². The van der Waals surface area contributed by atoms with Gasteiger partial charge >= 0.3 is 0 Å². The van der Waals surface area contributed by atoms with E-state index in [1.165, 1.54) is 0 Å². The van der Waals surface area contributed by atoms with Crippen LogP contribution in [0.2, 0.25) is 0 Å². The fourth-order valence-corrected chi connectivity index (χ4v) is 9.95. The second kappa shape index (κ2) is 18.7. The highest BCUT2D eigenvalue weighted by Gasteiger charge is 2.22. The van der Waals surface area contributed by atoms with Crippen LogP contribution in [0.25, 0.3) is 102 Å². The van der Waals surface area contributed by atoms with E-state index in [0.29, 0.717) is 57.6 Å². The van der Waals surface area contributed by atoms with E-state index in [4.69, 9.17) is 33.6 Å². The molecule has 8 bridgehead atoms. The highest BCUT2D eigenvalue weighted by Crippen LogP contribution is 2.42. The number of aromatic nitrogens is 6. The third-order valence-electron chi connectivity index (χ3n) is 13.5. The van der Waals surface area contributed by atoms with Gasteiger partial charge in [-0.25, -0.2) is 15.0 Å². The van der Waals surface area contributed by atoms with Crippen molar-refractivity contribution in [3.8, 4) is 68.1 Å². The van der Waals surface area contributed by atoms with E-state index in [2.05, 4.69) is 30.8 Å². The maximum absolute atomic E-state index is 14.5. The number of imidazole rings is 1. The molecule has 4 aromatic heterocycles. The molecule has 0 saturated heterocycles. The minimum atomic E-state index is -0.272. The number of aromatic amines is 2. The zero-order chi connectivity index (χ0) is 50.3. The number of anilines is 4. The number of carbonyl (C=O) groups is 1. The van der Waals surface area contributed by atoms with Gasteiger partial charge in [0.25, 0.3) is 5.91 Å². The van der Waals surface area contributed by atoms with Crippen molar-refractivity contribution in [3.63, 3.8) is 0 Å². The molecule has 10 aromatic rings. The largest absolute Gasteiger partial charge is 0.398 e. The van der Waals surface area contributed by atoms with Crippen molar-refractivity contribution in [2.75, 3.05) is 22.5 Å². The Bertz CT molecular complexity index is 4120. The van der Waals surface area contributed by atoms with Crippen molar-refractivity contribution in [1.82, 2.24) is 29.5 Å². The van der Waals surface area contributed by atoms with Gasteiger partial charge in [-0.05, 0) is 108 Å². The van der Waals surface area contributed by atoms with Gasteiger partial charge in [-0.15, -0.1) is 6.42 Å². The second-order valence-electron chi connectivity index (χ2n) is 18.1. The summed E-state index contributed by atoms with van der Waals surface area (Å²) >= 11 is 0. The Morgan fingerprint density at radius 3 is 1.49 bits per heavy atom. The lowest BCUT2D eigenvalue weighted by molar-refractivity contribution is 0.102. The summed E-state index contributed by atoms with van der Waals surface area (Å²) in [5.41, 5.74) is 39.2. The topological polar surface area (TPSA) is 182 Å². The van der Waals surface area contributed by atoms with Crippen molar-refractivity contribution >= 4 is 75.0 Å². The van der Waals surface area contributed by atoms with Crippen LogP contribution in [0.1, 0.15) is 44.3 Å². The lowest BCUT2D eigenvalue weighted by atomic mass is 10.0. The zero-order valence-corrected chi connectivity index (χ0v) is 39.8. The van der Waals surface area contributed by atoms with Crippen LogP contribution in [0.4, 0.5) is 22.7 Å². The van der Waals surface area contributed by atoms with Crippen LogP contribution in [0.15, 0.2) is 182 Å². The van der Waals surface area contributed by atoms with Crippen molar-refractivity contribution < 1.29 is 4.79 Å². The number of fused-ring (bicyclic) bond motifs is 8. The molecule has 6 heterocycles. The van der Waals surface area contributed by atoms with Gasteiger partial charge < -0.3 is 37.1 Å². The number of amides is 1. The fraction of sp³-hybridized carbons (Fsp3) is 0.0159. The maximum Gasteiger partial charge on any atom is 0.255 e. The van der Waals surface area contributed by atoms with Crippen LogP contribution >= 0.6 is 0 Å². The van der Waals surface area contributed by atoms with Crippen molar-refractivity contribution in [2.45, 2.75) is 6.54 Å². The fourth-order valence-electron chi connectivity index (χ4n) is 9.95. The molecule has 0 atom stereocenters. The number of para-hydroxylation sites is 4. The van der Waals surface area contributed by atoms with Gasteiger partial charge in [0.15, 0.2) is 0 Å². The van der Waals surface area contributed by atoms with E-state index < -0.39 is 0 Å². The molecule has 2 aliphatic rings. The number of nitrogens with zero attached hydrogens (tertiary/aromatic N) is 4. The zero-order valence-electron chi connectivity index (χ0n) is 39.8. The summed E-state index contributed by atoms with van der Waals surface area (Å²) in [6.07, 6.45) is 17.3. The molecule has 6 aromatic carbocycles. The minimum absolute atomic E-state index is 0.272. The summed E-state index contributed by atoms with van der Waals surface area (Å²) < 4.78 is 2.05. The number of carbonyl (C=O) groups excluding carboxylic acids is 1. The molecule has 0 fully saturated rings. The first-order valence-electron chi connectivity index (χ1n) is 24.1. The Morgan fingerprint density at radius 1 is 0.541 bits per heavy atom. The third-order valence-corrected chi connectivity index (χ3v) is 13.5. The lowest BCUT2D eigenvalue weighted by Gasteiger charge is -2.14. The average Bonchev–Trinajstić information content (AvgIpc) is 4.31. The molecular weight excluding hydrogens is 913 g/mol. The monoisotopic (exact) mass is 958 g/mol. The van der Waals surface area contributed by atoms with Gasteiger partial charge in [0, 0.05) is 107 Å². The molecule has 0 spiro atoms. The van der Waals surface area contributed by atoms with E-state index in [9.17, 15) is 4.79 Å². The standard InChI is InChI=1S/C63H46N10O/c1-2-38-22-24-40(25-23-38)58-35-67-37-73(58)36-39-12-11-13-41(34-39)63(74)72-49-21-10-6-17-45(49)62-56-32-30-54(70-56)60(43-15-4-8-19-47(43)65)52-28-26-50(68-52)59(42-14-3-7-18-46(42)64)51-27-29-53(69-51)61(55-31-33-57(62)71-55)44-16-5-9-20-48(44)66/h1,3-35,37,68,71H,36,64-66H2,(H,72,74). The summed E-state index contributed by atoms with van der Waals surface area (Å²) in [5, 5.41) is 3.28. The Balaban J connectivity index is 1.05. The third kappa shape index (κ3) is 8.24. The highest BCUT2D eigenvalue weighted by molar-refractivity contribution is 6.09. The first kappa shape index (κ1) is 44.7. The van der Waals surface area contributed by atoms with Gasteiger partial charge in [-0.1, -0.05) is 103 Å². The number of terminal acetylenes is 1. The number of nitrogens with two attached hydrogens (primary N) is 3. The van der Waals surface area contributed by atoms with E-state index in [0.717, 1.165) is 89.0 Å². The molecule has 0 aliphatic carbocycles. The summed E-state index contributed by atoms with van der Waals surface area (Å²) in [6.45, 7) is 0.496. The molecule has 1 amide bonds. The summed E-state index contributed by atoms with van der Waals surface area (Å²) in [7, 11) is 0. The summed E-state index contributed by atoms with van der Waals surface area (Å²) in [4.78, 5) is 37.4. The van der Waals surface area contributed by atoms with Gasteiger partial charge in [0.05, 0.1) is 41.0 Å². The number of rotatable bonds is 9. The van der Waals surface area contributed by atoms with Crippen molar-refractivity contribution in [2.24, 2.45) is 0 Å². The predicted molar refractivity (Wildman–Crippen MR) is 303 cm³/mol. The molecule has 12 rings (SSSR count). The molecule has 0 saturated carbocycles. The molecular formula is C63H46N10O. The molecule has 354 valence electrons. The number of hydrogen-bond donors (Lipinski definition) is 6. The van der Waals surface area contributed by atoms with Crippen LogP contribution < -0.4 is 22.5 Å². The minimum Gasteiger partial charge on any atom is -0.398 e. The van der Waals surface area contributed by atoms with E-state index in [1.807, 2.05) is 200 Å². The number of nitrogen functional groups attached to an aromatic ring is 3. The normalized spacial score (nSPS) is 11.7. The lowest BCUT2D eigenvalue weighted by Crippen LogP contribution is -2.13. The molecule has 11 heteroatoms. The first-order valence-corrected chi connectivity index (χ1v) is 24.1. The predicted octanol–water partition coefficient (Wildman–Crippen LogP) is 13.2. The van der Waals surface area contributed by atoms with Crippen LogP contribution in [0.3, 0.4) is 0 Å². The summed E-state index contributed by atoms with van der Waals surface area (Å²) in [6, 6.07) is 54.8. The molecule has 11 nitrogen and oxygen atoms in total. The Kier molecular flexibility index (Phi) is 11.3. The molecule has 0 unspecified atom stereocenters. The van der Waals surface area contributed by atoms with Crippen LogP contribution in [-0.2, 0) is 6.54 Å². The average molecular weight is 959 g/mol. The molecule has 74 heavy (non-hydrogen) atoms. The number of hydrogen-bond acceptors (Lipinski definition) is 7. The number of H-pyrrole nitrogens is 2. The maximum atomic E-state index is 14.5. The van der Waals surface area contributed by atoms with Gasteiger partial charge in [-0.2, -0.15) is 0 Å². The summed E-state index contributed by atoms with van der Waals surface area (Å²) in [5.74, 6) is 2.40. The SMILES string of the molecule is C#Cc1ccc(-c2cncn2Cc2cccc(C(=O)Nc3ccccc3-c3c4nc(c(-c5ccccc5N)c5ccc([nH]5)c(-c5ccccc5N)c5nc(c(-c6ccccc6N)c6ccc3[nH]6)C=C5)C=C4)c2)cc1. The van der Waals surface area contributed by atoms with Crippen LogP contribution in [-0.4, -0.2) is 35.4 Å². The molecule has 0 radical (unpaired) electrons. The van der Waals surface area contributed by atoms with Crippen molar-refractivity contribution in [1.29, 1.82) is 0 Å². The first-order chi connectivity index (χ1) is 36.3. The molecule has 2 aliphatic heterocycles. The Morgan fingerprint density at radius 2 is 1.00 bits per heavy atom. The van der Waals surface area contributed by atoms with Gasteiger partial charge in [0.2, 0.25) is 0 Å². The molecule has 9 N–H and O–H groups in total. The quantitative estimate of drug-likeness (QED) is 0.0614. The Hall–Kier alpha value is -10.4. The van der Waals surface area contributed by atoms with Gasteiger partial charge in [0.1, 0.15) is 0 Å². The van der Waals surface area contributed by atoms with Gasteiger partial charge in [-0.3, -0.25) is 4.79 Å². The Labute approximate surface area is 426 Å². The van der Waals surface area contributed by atoms with Crippen LogP contribution in [0.5, 0.6) is 0 Å². The number of benzene rings is 6. The van der Waals surface area contributed by atoms with E-state index in [-0.39, 0.29) is 5.91 Å². The second-order valence-corrected chi connectivity index (χ2v) is 18.1. The number of nitrogens with one attached hydrogen (secondary N) is 3. The smallest absolute Gasteiger partial charge is 0.255 e. The van der Waals surface area contributed by atoms with Crippen molar-refractivity contribution in [3.05, 3.63) is 222 Å². The van der Waals surface area contributed by atoms with Crippen LogP contribution in [0, 0.1) is 12.3 Å². The highest BCUT2D eigenvalue weighted by atomic mass is 16.1. The van der Waals surface area contributed by atoms with E-state index in [1.54, 1.807) is 6.33 Å².